The van der Waals surface area contributed by atoms with Crippen LogP contribution >= 0.6 is 11.3 Å². The van der Waals surface area contributed by atoms with Crippen LogP contribution in [0.5, 0.6) is 0 Å². The summed E-state index contributed by atoms with van der Waals surface area (Å²) < 4.78 is 18.3. The lowest BCUT2D eigenvalue weighted by atomic mass is 10.3. The maximum Gasteiger partial charge on any atom is 0.227 e. The fourth-order valence-corrected chi connectivity index (χ4v) is 3.92. The van der Waals surface area contributed by atoms with E-state index < -0.39 is 0 Å². The number of hydrogen-bond donors (Lipinski definition) is 3. The molecule has 1 amide bonds. The van der Waals surface area contributed by atoms with Crippen molar-refractivity contribution in [2.24, 2.45) is 10.7 Å². The highest BCUT2D eigenvalue weighted by atomic mass is 32.1. The Hall–Kier alpha value is -3.08. The standard InChI is InChI=1S/C22H27FN6O2S/c1-15-21(19(24)7-9-25-16(2)27-18-5-3-17(23)4-6-18)32-22(26-15)28-20(30)8-10-29-11-13-31-14-12-29/h3-7,9,27H,2,8,10-14,24H2,1H3,(H,26,28,30)/b19-7-,25-9?. The molecule has 0 aliphatic carbocycles. The number of rotatable bonds is 9. The number of aromatic nitrogens is 1. The average Bonchev–Trinajstić information content (AvgIpc) is 3.14. The number of carbonyl (C=O) groups excluding carboxylic acids is 1. The van der Waals surface area contributed by atoms with Gasteiger partial charge in [0, 0.05) is 38.0 Å². The number of allylic oxidation sites excluding steroid dienone is 1. The zero-order valence-corrected chi connectivity index (χ0v) is 18.8. The van der Waals surface area contributed by atoms with Crippen LogP contribution in [-0.2, 0) is 9.53 Å². The number of nitrogens with zero attached hydrogens (tertiary/aromatic N) is 3. The van der Waals surface area contributed by atoms with Crippen LogP contribution in [0.4, 0.5) is 15.2 Å². The fourth-order valence-electron chi connectivity index (χ4n) is 3.00. The summed E-state index contributed by atoms with van der Waals surface area (Å²) in [7, 11) is 0. The molecule has 0 saturated carbocycles. The monoisotopic (exact) mass is 458 g/mol. The number of nitrogens with one attached hydrogen (secondary N) is 2. The number of ether oxygens (including phenoxy) is 1. The molecule has 2 heterocycles. The van der Waals surface area contributed by atoms with E-state index in [2.05, 4.69) is 32.1 Å². The predicted octanol–water partition coefficient (Wildman–Crippen LogP) is 3.21. The van der Waals surface area contributed by atoms with Crippen molar-refractivity contribution in [2.75, 3.05) is 43.5 Å². The number of anilines is 2. The molecule has 8 nitrogen and oxygen atoms in total. The van der Waals surface area contributed by atoms with Crippen molar-refractivity contribution in [1.29, 1.82) is 0 Å². The minimum Gasteiger partial charge on any atom is -0.397 e. The fraction of sp³-hybridized carbons (Fsp3) is 0.318. The van der Waals surface area contributed by atoms with Gasteiger partial charge >= 0.3 is 0 Å². The Labute approximate surface area is 190 Å². The predicted molar refractivity (Wildman–Crippen MR) is 127 cm³/mol. The van der Waals surface area contributed by atoms with Gasteiger partial charge in [-0.25, -0.2) is 14.4 Å². The molecule has 0 bridgehead atoms. The molecule has 4 N–H and O–H groups in total. The van der Waals surface area contributed by atoms with Gasteiger partial charge < -0.3 is 21.1 Å². The number of thiazole rings is 1. The molecular formula is C22H27FN6O2S. The number of morpholine rings is 1. The van der Waals surface area contributed by atoms with Crippen LogP contribution < -0.4 is 16.4 Å². The highest BCUT2D eigenvalue weighted by molar-refractivity contribution is 7.16. The molecule has 1 aliphatic heterocycles. The third kappa shape index (κ3) is 7.26. The van der Waals surface area contributed by atoms with Gasteiger partial charge in [-0.15, -0.1) is 0 Å². The smallest absolute Gasteiger partial charge is 0.227 e. The minimum absolute atomic E-state index is 0.0796. The second kappa shape index (κ2) is 11.5. The first kappa shape index (κ1) is 23.6. The van der Waals surface area contributed by atoms with Gasteiger partial charge in [-0.1, -0.05) is 17.9 Å². The molecule has 0 atom stereocenters. The number of aliphatic imine (C=N–C) groups is 1. The van der Waals surface area contributed by atoms with Crippen molar-refractivity contribution in [2.45, 2.75) is 13.3 Å². The van der Waals surface area contributed by atoms with Gasteiger partial charge in [-0.2, -0.15) is 0 Å². The molecule has 32 heavy (non-hydrogen) atoms. The van der Waals surface area contributed by atoms with Crippen LogP contribution in [-0.4, -0.2) is 54.9 Å². The summed E-state index contributed by atoms with van der Waals surface area (Å²) in [5.74, 6) is -0.00747. The number of hydrogen-bond acceptors (Lipinski definition) is 8. The van der Waals surface area contributed by atoms with E-state index in [1.54, 1.807) is 18.2 Å². The van der Waals surface area contributed by atoms with Crippen molar-refractivity contribution >= 4 is 40.0 Å². The van der Waals surface area contributed by atoms with Gasteiger partial charge in [0.2, 0.25) is 5.91 Å². The van der Waals surface area contributed by atoms with E-state index in [0.717, 1.165) is 23.7 Å². The first-order valence-corrected chi connectivity index (χ1v) is 11.0. The molecule has 10 heteroatoms. The van der Waals surface area contributed by atoms with Crippen LogP contribution in [0, 0.1) is 12.7 Å². The van der Waals surface area contributed by atoms with Gasteiger partial charge in [-0.3, -0.25) is 9.69 Å². The first-order valence-electron chi connectivity index (χ1n) is 10.2. The van der Waals surface area contributed by atoms with E-state index in [0.29, 0.717) is 48.5 Å². The van der Waals surface area contributed by atoms with Crippen LogP contribution in [0.3, 0.4) is 0 Å². The lowest BCUT2D eigenvalue weighted by Gasteiger charge is -2.26. The van der Waals surface area contributed by atoms with E-state index >= 15 is 0 Å². The van der Waals surface area contributed by atoms with Gasteiger partial charge in [0.25, 0.3) is 0 Å². The highest BCUT2D eigenvalue weighted by Gasteiger charge is 2.14. The molecule has 1 aromatic heterocycles. The highest BCUT2D eigenvalue weighted by Crippen LogP contribution is 2.26. The van der Waals surface area contributed by atoms with Gasteiger partial charge in [0.15, 0.2) is 5.13 Å². The zero-order chi connectivity index (χ0) is 22.9. The third-order valence-corrected chi connectivity index (χ3v) is 5.80. The van der Waals surface area contributed by atoms with E-state index in [9.17, 15) is 9.18 Å². The number of aryl methyl sites for hydroxylation is 1. The molecule has 2 aromatic rings. The second-order valence-electron chi connectivity index (χ2n) is 7.16. The summed E-state index contributed by atoms with van der Waals surface area (Å²) in [6.07, 6.45) is 3.56. The summed E-state index contributed by atoms with van der Waals surface area (Å²) in [5, 5.41) is 6.32. The Morgan fingerprint density at radius 1 is 1.34 bits per heavy atom. The van der Waals surface area contributed by atoms with E-state index in [1.165, 1.54) is 29.7 Å². The normalized spacial score (nSPS) is 15.1. The lowest BCUT2D eigenvalue weighted by molar-refractivity contribution is -0.116. The zero-order valence-electron chi connectivity index (χ0n) is 17.9. The molecule has 3 rings (SSSR count). The molecule has 0 spiro atoms. The quantitative estimate of drug-likeness (QED) is 0.499. The van der Waals surface area contributed by atoms with Crippen LogP contribution in [0.15, 0.2) is 47.7 Å². The summed E-state index contributed by atoms with van der Waals surface area (Å²) in [5.41, 5.74) is 8.05. The average molecular weight is 459 g/mol. The lowest BCUT2D eigenvalue weighted by Crippen LogP contribution is -2.38. The number of nitrogens with two attached hydrogens (primary N) is 1. The Bertz CT molecular complexity index is 996. The van der Waals surface area contributed by atoms with E-state index in [-0.39, 0.29) is 11.7 Å². The Morgan fingerprint density at radius 2 is 2.06 bits per heavy atom. The molecule has 170 valence electrons. The van der Waals surface area contributed by atoms with Crippen LogP contribution in [0.25, 0.3) is 5.70 Å². The van der Waals surface area contributed by atoms with Gasteiger partial charge in [0.1, 0.15) is 11.6 Å². The molecule has 1 aromatic carbocycles. The van der Waals surface area contributed by atoms with Crippen molar-refractivity contribution in [3.8, 4) is 0 Å². The van der Waals surface area contributed by atoms with Crippen molar-refractivity contribution < 1.29 is 13.9 Å². The summed E-state index contributed by atoms with van der Waals surface area (Å²) in [6, 6.07) is 5.89. The summed E-state index contributed by atoms with van der Waals surface area (Å²) in [6.45, 7) is 9.46. The summed E-state index contributed by atoms with van der Waals surface area (Å²) in [4.78, 5) is 23.8. The third-order valence-electron chi connectivity index (χ3n) is 4.68. The molecule has 0 radical (unpaired) electrons. The molecule has 0 unspecified atom stereocenters. The first-order chi connectivity index (χ1) is 15.4. The SMILES string of the molecule is C=C(N=C/C=C(\N)c1sc(NC(=O)CCN2CCOCC2)nc1C)Nc1ccc(F)cc1. The van der Waals surface area contributed by atoms with Crippen molar-refractivity contribution in [3.05, 3.63) is 59.1 Å². The number of halogens is 1. The van der Waals surface area contributed by atoms with E-state index in [1.807, 2.05) is 6.92 Å². The number of benzene rings is 1. The number of amides is 1. The largest absolute Gasteiger partial charge is 0.397 e. The van der Waals surface area contributed by atoms with Crippen molar-refractivity contribution in [3.63, 3.8) is 0 Å². The van der Waals surface area contributed by atoms with Gasteiger partial charge in [0.05, 0.1) is 29.5 Å². The number of carbonyl (C=O) groups is 1. The van der Waals surface area contributed by atoms with Crippen LogP contribution in [0.1, 0.15) is 17.0 Å². The minimum atomic E-state index is -0.312. The van der Waals surface area contributed by atoms with Gasteiger partial charge in [-0.05, 0) is 37.3 Å². The molecular weight excluding hydrogens is 431 g/mol. The Balaban J connectivity index is 1.51. The van der Waals surface area contributed by atoms with Crippen LogP contribution in [0.2, 0.25) is 0 Å². The maximum atomic E-state index is 13.0. The Morgan fingerprint density at radius 3 is 2.78 bits per heavy atom. The topological polar surface area (TPSA) is 105 Å². The molecule has 1 aliphatic rings. The summed E-state index contributed by atoms with van der Waals surface area (Å²) >= 11 is 1.31. The second-order valence-corrected chi connectivity index (χ2v) is 8.16. The van der Waals surface area contributed by atoms with Crippen molar-refractivity contribution in [1.82, 2.24) is 9.88 Å². The molecule has 1 fully saturated rings. The Kier molecular flexibility index (Phi) is 8.48. The maximum absolute atomic E-state index is 13.0. The van der Waals surface area contributed by atoms with E-state index in [4.69, 9.17) is 10.5 Å². The molecule has 1 saturated heterocycles.